The zero-order valence-corrected chi connectivity index (χ0v) is 25.0. The maximum absolute atomic E-state index is 14.1. The van der Waals surface area contributed by atoms with Crippen molar-refractivity contribution in [1.29, 1.82) is 0 Å². The fourth-order valence-corrected chi connectivity index (χ4v) is 7.39. The first-order chi connectivity index (χ1) is 20.2. The Morgan fingerprint density at radius 3 is 2.71 bits per heavy atom. The summed E-state index contributed by atoms with van der Waals surface area (Å²) in [6.07, 6.45) is 6.57. The van der Waals surface area contributed by atoms with Crippen molar-refractivity contribution >= 4 is 22.5 Å². The number of aromatic hydroxyl groups is 1. The molecule has 1 N–H and O–H groups in total. The summed E-state index contributed by atoms with van der Waals surface area (Å²) >= 11 is 0. The standard InChI is InChI=1S/C33H41N5O4/c1-22-7-4-8-23-15-24(39)16-25(28(22)23)30(40)38-17-26-27(18-38)34-31(41-21-32(11-12-32)19-36(2)3)35-29(26)37-13-5-9-33(20-37)10-6-14-42-33/h4,7-8,15-16,39H,5-6,9-14,17-21H2,1-3H3. The first kappa shape index (κ1) is 27.4. The lowest BCUT2D eigenvalue weighted by atomic mass is 9.90. The van der Waals surface area contributed by atoms with Crippen molar-refractivity contribution in [3.8, 4) is 11.8 Å². The van der Waals surface area contributed by atoms with Crippen molar-refractivity contribution in [3.63, 3.8) is 0 Å². The van der Waals surface area contributed by atoms with Crippen LogP contribution in [0.5, 0.6) is 11.8 Å². The number of hydrogen-bond donors (Lipinski definition) is 1. The molecule has 0 bridgehead atoms. The molecule has 1 saturated carbocycles. The molecule has 1 amide bonds. The molecule has 1 aliphatic carbocycles. The van der Waals surface area contributed by atoms with E-state index in [0.29, 0.717) is 31.3 Å². The van der Waals surface area contributed by atoms with Crippen molar-refractivity contribution in [2.45, 2.75) is 64.1 Å². The molecule has 1 spiro atoms. The van der Waals surface area contributed by atoms with Crippen molar-refractivity contribution in [2.24, 2.45) is 5.41 Å². The van der Waals surface area contributed by atoms with E-state index in [4.69, 9.17) is 19.4 Å². The van der Waals surface area contributed by atoms with E-state index in [0.717, 1.165) is 98.2 Å². The van der Waals surface area contributed by atoms with Crippen LogP contribution in [0.3, 0.4) is 0 Å². The number of hydrogen-bond acceptors (Lipinski definition) is 8. The Bertz CT molecular complexity index is 1530. The van der Waals surface area contributed by atoms with Crippen LogP contribution in [0.4, 0.5) is 5.82 Å². The van der Waals surface area contributed by atoms with Crippen molar-refractivity contribution in [2.75, 3.05) is 51.8 Å². The van der Waals surface area contributed by atoms with Crippen LogP contribution in [0, 0.1) is 12.3 Å². The van der Waals surface area contributed by atoms with E-state index in [1.807, 2.05) is 30.0 Å². The van der Waals surface area contributed by atoms with Gasteiger partial charge in [0.1, 0.15) is 11.6 Å². The van der Waals surface area contributed by atoms with Crippen LogP contribution in [-0.4, -0.2) is 83.3 Å². The highest BCUT2D eigenvalue weighted by Gasteiger charge is 2.45. The van der Waals surface area contributed by atoms with Gasteiger partial charge < -0.3 is 29.3 Å². The van der Waals surface area contributed by atoms with Gasteiger partial charge in [0, 0.05) is 37.2 Å². The van der Waals surface area contributed by atoms with Gasteiger partial charge in [0.15, 0.2) is 0 Å². The van der Waals surface area contributed by atoms with Gasteiger partial charge in [0.25, 0.3) is 5.91 Å². The van der Waals surface area contributed by atoms with Crippen LogP contribution in [0.25, 0.3) is 10.8 Å². The Hall–Kier alpha value is -3.43. The molecular weight excluding hydrogens is 530 g/mol. The summed E-state index contributed by atoms with van der Waals surface area (Å²) in [5, 5.41) is 12.2. The zero-order valence-electron chi connectivity index (χ0n) is 25.0. The van der Waals surface area contributed by atoms with Crippen LogP contribution in [0.1, 0.15) is 65.7 Å². The number of benzene rings is 2. The predicted molar refractivity (Wildman–Crippen MR) is 161 cm³/mol. The molecule has 42 heavy (non-hydrogen) atoms. The summed E-state index contributed by atoms with van der Waals surface area (Å²) in [4.78, 5) is 30.4. The Balaban J connectivity index is 1.21. The first-order valence-electron chi connectivity index (χ1n) is 15.3. The molecule has 1 aromatic heterocycles. The number of anilines is 1. The Kier molecular flexibility index (Phi) is 6.77. The minimum Gasteiger partial charge on any atom is -0.508 e. The molecule has 9 nitrogen and oxygen atoms in total. The molecular formula is C33H41N5O4. The molecule has 2 aromatic carbocycles. The number of ether oxygens (including phenoxy) is 2. The molecule has 0 radical (unpaired) electrons. The molecule has 2 saturated heterocycles. The fourth-order valence-electron chi connectivity index (χ4n) is 7.39. The number of aryl methyl sites for hydroxylation is 1. The number of amides is 1. The van der Waals surface area contributed by atoms with Crippen LogP contribution in [0.2, 0.25) is 0 Å². The topological polar surface area (TPSA) is 91.3 Å². The minimum atomic E-state index is -0.118. The molecule has 1 atom stereocenters. The van der Waals surface area contributed by atoms with E-state index in [1.165, 1.54) is 0 Å². The van der Waals surface area contributed by atoms with Gasteiger partial charge in [-0.25, -0.2) is 0 Å². The average molecular weight is 572 g/mol. The predicted octanol–water partition coefficient (Wildman–Crippen LogP) is 4.67. The van der Waals surface area contributed by atoms with E-state index < -0.39 is 0 Å². The molecule has 3 fully saturated rings. The molecule has 3 aliphatic heterocycles. The summed E-state index contributed by atoms with van der Waals surface area (Å²) in [6.45, 7) is 6.88. The molecule has 4 aliphatic rings. The second-order valence-electron chi connectivity index (χ2n) is 13.3. The number of rotatable bonds is 7. The van der Waals surface area contributed by atoms with Gasteiger partial charge in [-0.3, -0.25) is 4.79 Å². The highest BCUT2D eigenvalue weighted by Crippen LogP contribution is 2.46. The van der Waals surface area contributed by atoms with Crippen LogP contribution < -0.4 is 9.64 Å². The first-order valence-corrected chi connectivity index (χ1v) is 15.3. The lowest BCUT2D eigenvalue weighted by Crippen LogP contribution is -2.48. The van der Waals surface area contributed by atoms with E-state index in [1.54, 1.807) is 12.1 Å². The van der Waals surface area contributed by atoms with Crippen molar-refractivity contribution < 1.29 is 19.4 Å². The summed E-state index contributed by atoms with van der Waals surface area (Å²) in [6, 6.07) is 9.59. The second-order valence-corrected chi connectivity index (χ2v) is 13.3. The van der Waals surface area contributed by atoms with E-state index in [9.17, 15) is 9.90 Å². The molecule has 1 unspecified atom stereocenters. The lowest BCUT2D eigenvalue weighted by molar-refractivity contribution is -0.00644. The largest absolute Gasteiger partial charge is 0.508 e. The van der Waals surface area contributed by atoms with Gasteiger partial charge in [0.05, 0.1) is 36.6 Å². The van der Waals surface area contributed by atoms with Crippen LogP contribution in [-0.2, 0) is 17.8 Å². The number of aromatic nitrogens is 2. The maximum atomic E-state index is 14.1. The SMILES string of the molecule is Cc1cccc2cc(O)cc(C(=O)N3Cc4nc(OCC5(CN(C)C)CC5)nc(N5CCCC6(CCCO6)C5)c4C3)c12. The quantitative estimate of drug-likeness (QED) is 0.438. The molecule has 222 valence electrons. The third-order valence-electron chi connectivity index (χ3n) is 9.57. The Morgan fingerprint density at radius 2 is 1.95 bits per heavy atom. The third kappa shape index (κ3) is 5.07. The van der Waals surface area contributed by atoms with Crippen LogP contribution in [0.15, 0.2) is 30.3 Å². The summed E-state index contributed by atoms with van der Waals surface area (Å²) in [5.74, 6) is 0.842. The minimum absolute atomic E-state index is 0.0891. The Morgan fingerprint density at radius 1 is 1.12 bits per heavy atom. The number of phenols is 1. The highest BCUT2D eigenvalue weighted by molar-refractivity contribution is 6.09. The van der Waals surface area contributed by atoms with Gasteiger partial charge in [-0.1, -0.05) is 18.2 Å². The number of carbonyl (C=O) groups excluding carboxylic acids is 1. The van der Waals surface area contributed by atoms with Gasteiger partial charge in [-0.2, -0.15) is 9.97 Å². The molecule has 3 aromatic rings. The number of fused-ring (bicyclic) bond motifs is 2. The Labute approximate surface area is 247 Å². The van der Waals surface area contributed by atoms with Crippen LogP contribution >= 0.6 is 0 Å². The third-order valence-corrected chi connectivity index (χ3v) is 9.57. The zero-order chi connectivity index (χ0) is 29.1. The monoisotopic (exact) mass is 571 g/mol. The summed E-state index contributed by atoms with van der Waals surface area (Å²) in [5.41, 5.74) is 3.39. The normalized spacial score (nSPS) is 22.8. The number of nitrogens with zero attached hydrogens (tertiary/aromatic N) is 5. The van der Waals surface area contributed by atoms with Gasteiger partial charge >= 0.3 is 6.01 Å². The van der Waals surface area contributed by atoms with Gasteiger partial charge in [0.2, 0.25) is 0 Å². The van der Waals surface area contributed by atoms with Crippen molar-refractivity contribution in [1.82, 2.24) is 19.8 Å². The summed E-state index contributed by atoms with van der Waals surface area (Å²) in [7, 11) is 4.20. The maximum Gasteiger partial charge on any atom is 0.318 e. The number of piperidine rings is 1. The van der Waals surface area contributed by atoms with Gasteiger partial charge in [-0.15, -0.1) is 0 Å². The number of carbonyl (C=O) groups is 1. The lowest BCUT2D eigenvalue weighted by Gasteiger charge is -2.40. The van der Waals surface area contributed by atoms with E-state index in [2.05, 4.69) is 23.9 Å². The molecule has 9 heteroatoms. The highest BCUT2D eigenvalue weighted by atomic mass is 16.5. The average Bonchev–Trinajstić information content (AvgIpc) is 3.34. The van der Waals surface area contributed by atoms with E-state index in [-0.39, 0.29) is 22.7 Å². The van der Waals surface area contributed by atoms with E-state index >= 15 is 0 Å². The molecule has 7 rings (SSSR count). The second kappa shape index (κ2) is 10.4. The fraction of sp³-hybridized carbons (Fsp3) is 0.545. The summed E-state index contributed by atoms with van der Waals surface area (Å²) < 4.78 is 12.6. The smallest absolute Gasteiger partial charge is 0.318 e. The van der Waals surface area contributed by atoms with Crippen molar-refractivity contribution in [3.05, 3.63) is 52.7 Å². The van der Waals surface area contributed by atoms with Gasteiger partial charge in [-0.05, 0) is 88.0 Å². The molecule has 4 heterocycles. The number of phenolic OH excluding ortho intramolecular Hbond substituents is 1.